The number of thiophene rings is 1. The van der Waals surface area contributed by atoms with Crippen LogP contribution >= 0.6 is 23.6 Å². The minimum atomic E-state index is -0.410. The largest absolute Gasteiger partial charge is 0.342 e. The molecule has 0 aliphatic carbocycles. The lowest BCUT2D eigenvalue weighted by Gasteiger charge is -2.32. The van der Waals surface area contributed by atoms with Gasteiger partial charge in [0.15, 0.2) is 5.11 Å². The Morgan fingerprint density at radius 2 is 1.86 bits per heavy atom. The van der Waals surface area contributed by atoms with Crippen LogP contribution in [0.3, 0.4) is 0 Å². The van der Waals surface area contributed by atoms with Gasteiger partial charge in [-0.3, -0.25) is 10.1 Å². The standard InChI is InChI=1S/C21H21N3O2S2/c1-16(14-20-8-5-13-28-20)23(15-17-6-3-2-4-7-17)21(27)22-18-9-11-19(12-10-18)24(25)26/h2-13,16H,14-15H2,1H3,(H,22,27)/t16-/m1/s1. The fourth-order valence-corrected chi connectivity index (χ4v) is 4.09. The number of nitrogens with zero attached hydrogens (tertiary/aromatic N) is 2. The molecular formula is C21H21N3O2S2. The maximum Gasteiger partial charge on any atom is 0.269 e. The third kappa shape index (κ3) is 5.37. The highest BCUT2D eigenvalue weighted by Gasteiger charge is 2.19. The smallest absolute Gasteiger partial charge is 0.269 e. The van der Waals surface area contributed by atoms with Gasteiger partial charge in [0, 0.05) is 41.7 Å². The van der Waals surface area contributed by atoms with E-state index in [1.807, 2.05) is 18.2 Å². The van der Waals surface area contributed by atoms with E-state index in [0.717, 1.165) is 12.1 Å². The molecule has 0 saturated heterocycles. The zero-order valence-electron chi connectivity index (χ0n) is 15.4. The predicted octanol–water partition coefficient (Wildman–Crippen LogP) is 5.49. The van der Waals surface area contributed by atoms with Gasteiger partial charge in [0.05, 0.1) is 4.92 Å². The van der Waals surface area contributed by atoms with Crippen molar-refractivity contribution in [1.29, 1.82) is 0 Å². The predicted molar refractivity (Wildman–Crippen MR) is 119 cm³/mol. The summed E-state index contributed by atoms with van der Waals surface area (Å²) >= 11 is 7.44. The third-order valence-electron chi connectivity index (χ3n) is 4.39. The van der Waals surface area contributed by atoms with Crippen LogP contribution in [0.4, 0.5) is 11.4 Å². The van der Waals surface area contributed by atoms with Crippen molar-refractivity contribution >= 4 is 40.0 Å². The average molecular weight is 412 g/mol. The number of rotatable bonds is 7. The summed E-state index contributed by atoms with van der Waals surface area (Å²) in [5.41, 5.74) is 1.97. The number of anilines is 1. The molecule has 1 N–H and O–H groups in total. The third-order valence-corrected chi connectivity index (χ3v) is 5.63. The van der Waals surface area contributed by atoms with Crippen LogP contribution < -0.4 is 5.32 Å². The Kier molecular flexibility index (Phi) is 6.73. The topological polar surface area (TPSA) is 58.4 Å². The number of benzene rings is 2. The van der Waals surface area contributed by atoms with Crippen LogP contribution in [0.15, 0.2) is 72.1 Å². The van der Waals surface area contributed by atoms with Gasteiger partial charge in [0.25, 0.3) is 5.69 Å². The van der Waals surface area contributed by atoms with Crippen molar-refractivity contribution in [3.05, 3.63) is 92.7 Å². The quantitative estimate of drug-likeness (QED) is 0.317. The molecule has 144 valence electrons. The first-order valence-corrected chi connectivity index (χ1v) is 10.2. The normalized spacial score (nSPS) is 11.6. The van der Waals surface area contributed by atoms with Crippen molar-refractivity contribution in [2.24, 2.45) is 0 Å². The van der Waals surface area contributed by atoms with Crippen LogP contribution in [-0.4, -0.2) is 21.0 Å². The van der Waals surface area contributed by atoms with E-state index in [0.29, 0.717) is 11.7 Å². The summed E-state index contributed by atoms with van der Waals surface area (Å²) in [5, 5.41) is 16.7. The lowest BCUT2D eigenvalue weighted by atomic mass is 10.1. The highest BCUT2D eigenvalue weighted by atomic mass is 32.1. The van der Waals surface area contributed by atoms with Crippen molar-refractivity contribution in [2.75, 3.05) is 5.32 Å². The second-order valence-electron chi connectivity index (χ2n) is 6.48. The summed E-state index contributed by atoms with van der Waals surface area (Å²) in [6.07, 6.45) is 0.895. The Labute approximate surface area is 173 Å². The Morgan fingerprint density at radius 1 is 1.14 bits per heavy atom. The number of hydrogen-bond donors (Lipinski definition) is 1. The van der Waals surface area contributed by atoms with E-state index >= 15 is 0 Å². The van der Waals surface area contributed by atoms with Gasteiger partial charge in [-0.1, -0.05) is 36.4 Å². The average Bonchev–Trinajstić information content (AvgIpc) is 3.20. The van der Waals surface area contributed by atoms with Crippen molar-refractivity contribution in [2.45, 2.75) is 25.9 Å². The Morgan fingerprint density at radius 3 is 2.46 bits per heavy atom. The van der Waals surface area contributed by atoms with E-state index in [1.165, 1.54) is 22.6 Å². The Balaban J connectivity index is 1.76. The summed E-state index contributed by atoms with van der Waals surface area (Å²) in [7, 11) is 0. The van der Waals surface area contributed by atoms with Crippen LogP contribution in [0.5, 0.6) is 0 Å². The molecule has 3 rings (SSSR count). The van der Waals surface area contributed by atoms with Gasteiger partial charge in [-0.15, -0.1) is 11.3 Å². The first-order valence-electron chi connectivity index (χ1n) is 8.91. The summed E-state index contributed by atoms with van der Waals surface area (Å²) in [4.78, 5) is 13.9. The van der Waals surface area contributed by atoms with Crippen molar-refractivity contribution < 1.29 is 4.92 Å². The van der Waals surface area contributed by atoms with Crippen LogP contribution in [-0.2, 0) is 13.0 Å². The van der Waals surface area contributed by atoms with Gasteiger partial charge in [0.2, 0.25) is 0 Å². The Hall–Kier alpha value is -2.77. The van der Waals surface area contributed by atoms with E-state index in [4.69, 9.17) is 12.2 Å². The highest BCUT2D eigenvalue weighted by molar-refractivity contribution is 7.80. The number of hydrogen-bond acceptors (Lipinski definition) is 4. The molecule has 0 fully saturated rings. The number of nitrogens with one attached hydrogen (secondary N) is 1. The highest BCUT2D eigenvalue weighted by Crippen LogP contribution is 2.20. The fraction of sp³-hybridized carbons (Fsp3) is 0.190. The van der Waals surface area contributed by atoms with Gasteiger partial charge >= 0.3 is 0 Å². The SMILES string of the molecule is C[C@H](Cc1cccs1)N(Cc1ccccc1)C(=S)Nc1ccc([N+](=O)[O-])cc1. The molecule has 1 heterocycles. The molecule has 1 atom stereocenters. The van der Waals surface area contributed by atoms with Crippen LogP contribution in [0.1, 0.15) is 17.4 Å². The Bertz CT molecular complexity index is 913. The first kappa shape index (κ1) is 20.0. The molecule has 3 aromatic rings. The number of thiocarbonyl (C=S) groups is 1. The van der Waals surface area contributed by atoms with E-state index in [-0.39, 0.29) is 11.7 Å². The zero-order chi connectivity index (χ0) is 19.9. The molecule has 1 aromatic heterocycles. The maximum atomic E-state index is 10.8. The van der Waals surface area contributed by atoms with Crippen LogP contribution in [0, 0.1) is 10.1 Å². The van der Waals surface area contributed by atoms with Gasteiger partial charge in [-0.05, 0) is 48.3 Å². The van der Waals surface area contributed by atoms with E-state index in [9.17, 15) is 10.1 Å². The minimum absolute atomic E-state index is 0.0590. The lowest BCUT2D eigenvalue weighted by Crippen LogP contribution is -2.41. The lowest BCUT2D eigenvalue weighted by molar-refractivity contribution is -0.384. The summed E-state index contributed by atoms with van der Waals surface area (Å²) in [6, 6.07) is 20.9. The molecule has 7 heteroatoms. The van der Waals surface area contributed by atoms with Crippen LogP contribution in [0.2, 0.25) is 0 Å². The molecule has 0 aliphatic heterocycles. The monoisotopic (exact) mass is 411 g/mol. The minimum Gasteiger partial charge on any atom is -0.342 e. The van der Waals surface area contributed by atoms with Gasteiger partial charge in [-0.25, -0.2) is 0 Å². The molecule has 0 unspecified atom stereocenters. The van der Waals surface area contributed by atoms with Gasteiger partial charge < -0.3 is 10.2 Å². The fourth-order valence-electron chi connectivity index (χ4n) is 2.90. The number of nitro benzene ring substituents is 1. The molecule has 0 radical (unpaired) electrons. The van der Waals surface area contributed by atoms with Crippen molar-refractivity contribution in [3.63, 3.8) is 0 Å². The summed E-state index contributed by atoms with van der Waals surface area (Å²) in [6.45, 7) is 2.85. The molecule has 0 aliphatic rings. The second kappa shape index (κ2) is 9.43. The van der Waals surface area contributed by atoms with Gasteiger partial charge in [-0.2, -0.15) is 0 Å². The van der Waals surface area contributed by atoms with E-state index in [2.05, 4.69) is 46.8 Å². The number of non-ortho nitro benzene ring substituents is 1. The van der Waals surface area contributed by atoms with Gasteiger partial charge in [0.1, 0.15) is 0 Å². The molecule has 2 aromatic carbocycles. The van der Waals surface area contributed by atoms with E-state index in [1.54, 1.807) is 23.5 Å². The summed E-state index contributed by atoms with van der Waals surface area (Å²) < 4.78 is 0. The van der Waals surface area contributed by atoms with E-state index < -0.39 is 4.92 Å². The molecule has 0 bridgehead atoms. The molecular weight excluding hydrogens is 390 g/mol. The molecule has 0 amide bonds. The first-order chi connectivity index (χ1) is 13.5. The number of nitro groups is 1. The summed E-state index contributed by atoms with van der Waals surface area (Å²) in [5.74, 6) is 0. The molecule has 28 heavy (non-hydrogen) atoms. The molecule has 0 spiro atoms. The van der Waals surface area contributed by atoms with Crippen molar-refractivity contribution in [1.82, 2.24) is 4.90 Å². The maximum absolute atomic E-state index is 10.8. The second-order valence-corrected chi connectivity index (χ2v) is 7.90. The molecule has 0 saturated carbocycles. The molecule has 5 nitrogen and oxygen atoms in total. The van der Waals surface area contributed by atoms with Crippen LogP contribution in [0.25, 0.3) is 0 Å². The zero-order valence-corrected chi connectivity index (χ0v) is 17.1. The van der Waals surface area contributed by atoms with Crippen molar-refractivity contribution in [3.8, 4) is 0 Å².